The van der Waals surface area contributed by atoms with E-state index in [4.69, 9.17) is 5.41 Å². The Morgan fingerprint density at radius 1 is 1.43 bits per heavy atom. The Morgan fingerprint density at radius 3 is 2.76 bits per heavy atom. The first-order chi connectivity index (χ1) is 9.49. The van der Waals surface area contributed by atoms with Crippen molar-refractivity contribution in [1.82, 2.24) is 9.78 Å². The molecule has 0 saturated carbocycles. The fourth-order valence-corrected chi connectivity index (χ4v) is 2.53. The summed E-state index contributed by atoms with van der Waals surface area (Å²) in [6.45, 7) is 6.00. The normalized spacial score (nSPS) is 10.0. The zero-order valence-electron chi connectivity index (χ0n) is 12.2. The second kappa shape index (κ2) is 7.38. The van der Waals surface area contributed by atoms with Gasteiger partial charge in [0.25, 0.3) is 0 Å². The molecule has 0 radical (unpaired) electrons. The van der Waals surface area contributed by atoms with Gasteiger partial charge in [0.15, 0.2) is 0 Å². The smallest absolute Gasteiger partial charge is 0.246 e. The van der Waals surface area contributed by atoms with E-state index < -0.39 is 0 Å². The minimum Gasteiger partial charge on any atom is -1.00 e. The summed E-state index contributed by atoms with van der Waals surface area (Å²) in [5.74, 6) is -0.162. The fourth-order valence-electron chi connectivity index (χ4n) is 1.81. The van der Waals surface area contributed by atoms with Crippen LogP contribution in [0.1, 0.15) is 23.1 Å². The number of aryl methyl sites for hydroxylation is 3. The molecule has 0 aliphatic rings. The first kappa shape index (κ1) is 17.4. The van der Waals surface area contributed by atoms with Gasteiger partial charge in [-0.1, -0.05) is 30.4 Å². The molecule has 2 N–H and O–H groups in total. The summed E-state index contributed by atoms with van der Waals surface area (Å²) in [4.78, 5) is 12.3. The summed E-state index contributed by atoms with van der Waals surface area (Å²) in [5, 5.41) is 15.8. The zero-order chi connectivity index (χ0) is 14.7. The average molecular weight is 326 g/mol. The van der Waals surface area contributed by atoms with Crippen LogP contribution in [-0.4, -0.2) is 15.7 Å². The van der Waals surface area contributed by atoms with Crippen LogP contribution in [0.5, 0.6) is 0 Å². The number of hydrogen-bond acceptors (Lipinski definition) is 4. The van der Waals surface area contributed by atoms with Crippen LogP contribution in [0.25, 0.3) is 0 Å². The quantitative estimate of drug-likeness (QED) is 0.776. The molecule has 1 amide bonds. The highest BCUT2D eigenvalue weighted by atomic mass is 35.5. The molecule has 5 nitrogen and oxygen atoms in total. The van der Waals surface area contributed by atoms with Crippen LogP contribution in [-0.2, 0) is 17.8 Å². The molecule has 1 aromatic heterocycles. The number of hydrogen-bond donors (Lipinski definition) is 2. The van der Waals surface area contributed by atoms with E-state index in [1.165, 1.54) is 16.0 Å². The van der Waals surface area contributed by atoms with Gasteiger partial charge in [-0.2, -0.15) is 5.10 Å². The van der Waals surface area contributed by atoms with Crippen molar-refractivity contribution in [2.24, 2.45) is 0 Å². The first-order valence-corrected chi connectivity index (χ1v) is 7.29. The van der Waals surface area contributed by atoms with Crippen LogP contribution in [0, 0.1) is 19.3 Å². The fraction of sp³-hybridized carbons (Fsp3) is 0.357. The Balaban J connectivity index is 0.00000220. The van der Waals surface area contributed by atoms with Gasteiger partial charge >= 0.3 is 0 Å². The molecule has 0 spiro atoms. The molecule has 0 bridgehead atoms. The standard InChI is InChI=1S/C14H18N4OS.ClH/c1-4-13-17-18(14(15)20-13)8-12(19)16-11-7-9(2)5-6-10(11)3;/h5-7,15H,4,8H2,1-3H3,(H,16,19);1H/p-1. The summed E-state index contributed by atoms with van der Waals surface area (Å²) in [6.07, 6.45) is 0.780. The highest BCUT2D eigenvalue weighted by Gasteiger charge is 2.09. The van der Waals surface area contributed by atoms with Gasteiger partial charge in [-0.05, 0) is 37.5 Å². The average Bonchev–Trinajstić information content (AvgIpc) is 2.74. The van der Waals surface area contributed by atoms with E-state index in [0.29, 0.717) is 4.80 Å². The Labute approximate surface area is 133 Å². The number of carbonyl (C=O) groups is 1. The van der Waals surface area contributed by atoms with Crippen LogP contribution in [0.3, 0.4) is 0 Å². The van der Waals surface area contributed by atoms with E-state index in [2.05, 4.69) is 10.4 Å². The number of nitrogens with one attached hydrogen (secondary N) is 2. The van der Waals surface area contributed by atoms with E-state index in [-0.39, 0.29) is 24.9 Å². The van der Waals surface area contributed by atoms with Crippen molar-refractivity contribution in [2.45, 2.75) is 33.7 Å². The predicted molar refractivity (Wildman–Crippen MR) is 79.9 cm³/mol. The number of halogens is 1. The molecule has 0 aliphatic carbocycles. The van der Waals surface area contributed by atoms with E-state index in [1.54, 1.807) is 0 Å². The summed E-state index contributed by atoms with van der Waals surface area (Å²) >= 11 is 1.31. The lowest BCUT2D eigenvalue weighted by Crippen LogP contribution is -3.00. The Bertz CT molecular complexity index is 693. The third kappa shape index (κ3) is 4.41. The Hall–Kier alpha value is -1.66. The molecule has 21 heavy (non-hydrogen) atoms. The predicted octanol–water partition coefficient (Wildman–Crippen LogP) is -0.754. The van der Waals surface area contributed by atoms with Crippen LogP contribution in [0.15, 0.2) is 18.2 Å². The SMILES string of the molecule is CCc1nn(CC(=O)Nc2cc(C)ccc2C)c(=N)s1.[Cl-]. The zero-order valence-corrected chi connectivity index (χ0v) is 13.8. The van der Waals surface area contributed by atoms with Crippen LogP contribution < -0.4 is 22.5 Å². The third-order valence-electron chi connectivity index (χ3n) is 2.94. The molecular formula is C14H18ClN4OS-. The van der Waals surface area contributed by atoms with Crippen LogP contribution in [0.4, 0.5) is 5.69 Å². The van der Waals surface area contributed by atoms with Crippen molar-refractivity contribution in [1.29, 1.82) is 5.41 Å². The number of benzene rings is 1. The second-order valence-corrected chi connectivity index (χ2v) is 5.74. The van der Waals surface area contributed by atoms with E-state index in [9.17, 15) is 4.79 Å². The molecule has 0 saturated heterocycles. The number of aromatic nitrogens is 2. The second-order valence-electron chi connectivity index (χ2n) is 4.68. The molecule has 1 aromatic carbocycles. The van der Waals surface area contributed by atoms with Gasteiger partial charge in [-0.3, -0.25) is 10.2 Å². The highest BCUT2D eigenvalue weighted by molar-refractivity contribution is 7.08. The minimum absolute atomic E-state index is 0. The molecule has 7 heteroatoms. The van der Waals surface area contributed by atoms with E-state index in [1.807, 2.05) is 39.0 Å². The number of amides is 1. The summed E-state index contributed by atoms with van der Waals surface area (Å²) in [7, 11) is 0. The van der Waals surface area contributed by atoms with E-state index in [0.717, 1.165) is 28.2 Å². The van der Waals surface area contributed by atoms with Gasteiger partial charge in [0, 0.05) is 5.69 Å². The molecule has 114 valence electrons. The molecular weight excluding hydrogens is 308 g/mol. The van der Waals surface area contributed by atoms with Crippen molar-refractivity contribution < 1.29 is 17.2 Å². The monoisotopic (exact) mass is 325 g/mol. The van der Waals surface area contributed by atoms with Gasteiger partial charge in [0.2, 0.25) is 10.7 Å². The van der Waals surface area contributed by atoms with Gasteiger partial charge in [-0.25, -0.2) is 4.68 Å². The first-order valence-electron chi connectivity index (χ1n) is 6.48. The van der Waals surface area contributed by atoms with Crippen LogP contribution >= 0.6 is 11.3 Å². The molecule has 1 heterocycles. The van der Waals surface area contributed by atoms with Gasteiger partial charge in [0.05, 0.1) is 0 Å². The van der Waals surface area contributed by atoms with Crippen molar-refractivity contribution in [3.63, 3.8) is 0 Å². The lowest BCUT2D eigenvalue weighted by Gasteiger charge is -2.09. The van der Waals surface area contributed by atoms with Gasteiger partial charge in [0.1, 0.15) is 11.6 Å². The van der Waals surface area contributed by atoms with Crippen molar-refractivity contribution in [3.05, 3.63) is 39.1 Å². The molecule has 0 unspecified atom stereocenters. The lowest BCUT2D eigenvalue weighted by molar-refractivity contribution is -0.117. The molecule has 0 fully saturated rings. The van der Waals surface area contributed by atoms with Gasteiger partial charge in [-0.15, -0.1) is 0 Å². The summed E-state index contributed by atoms with van der Waals surface area (Å²) in [6, 6.07) is 5.93. The topological polar surface area (TPSA) is 70.8 Å². The maximum absolute atomic E-state index is 12.0. The van der Waals surface area contributed by atoms with Crippen molar-refractivity contribution in [2.75, 3.05) is 5.32 Å². The maximum Gasteiger partial charge on any atom is 0.246 e. The summed E-state index contributed by atoms with van der Waals surface area (Å²) < 4.78 is 1.43. The number of rotatable bonds is 4. The van der Waals surface area contributed by atoms with Gasteiger partial charge < -0.3 is 17.7 Å². The number of nitrogens with zero attached hydrogens (tertiary/aromatic N) is 2. The Kier molecular flexibility index (Phi) is 6.11. The minimum atomic E-state index is -0.162. The molecule has 0 aliphatic heterocycles. The number of anilines is 1. The molecule has 0 atom stereocenters. The summed E-state index contributed by atoms with van der Waals surface area (Å²) in [5.41, 5.74) is 2.93. The maximum atomic E-state index is 12.0. The third-order valence-corrected chi connectivity index (χ3v) is 3.95. The number of carbonyl (C=O) groups excluding carboxylic acids is 1. The van der Waals surface area contributed by atoms with E-state index >= 15 is 0 Å². The highest BCUT2D eigenvalue weighted by Crippen LogP contribution is 2.16. The van der Waals surface area contributed by atoms with Crippen molar-refractivity contribution in [3.8, 4) is 0 Å². The van der Waals surface area contributed by atoms with Crippen LogP contribution in [0.2, 0.25) is 0 Å². The largest absolute Gasteiger partial charge is 1.00 e. The molecule has 2 rings (SSSR count). The van der Waals surface area contributed by atoms with Crippen molar-refractivity contribution >= 4 is 22.9 Å². The molecule has 2 aromatic rings. The Morgan fingerprint density at radius 2 is 2.14 bits per heavy atom. The lowest BCUT2D eigenvalue weighted by atomic mass is 10.1.